The smallest absolute Gasteiger partial charge is 0.323 e. The van der Waals surface area contributed by atoms with Crippen molar-refractivity contribution in [2.75, 3.05) is 13.4 Å². The summed E-state index contributed by atoms with van der Waals surface area (Å²) in [6.07, 6.45) is 0.356. The van der Waals surface area contributed by atoms with Crippen molar-refractivity contribution in [3.05, 3.63) is 18.2 Å². The first kappa shape index (κ1) is 15.4. The maximum Gasteiger partial charge on any atom is 0.323 e. The number of nitrogens with one attached hydrogen (secondary N) is 1. The van der Waals surface area contributed by atoms with Crippen LogP contribution in [-0.4, -0.2) is 36.1 Å². The molecule has 0 radical (unpaired) electrons. The predicted molar refractivity (Wildman–Crippen MR) is 77.0 cm³/mol. The van der Waals surface area contributed by atoms with Gasteiger partial charge in [-0.1, -0.05) is 0 Å². The van der Waals surface area contributed by atoms with Gasteiger partial charge < -0.3 is 19.3 Å². The van der Waals surface area contributed by atoms with Crippen LogP contribution in [0.25, 0.3) is 0 Å². The van der Waals surface area contributed by atoms with Gasteiger partial charge in [-0.05, 0) is 32.9 Å². The zero-order valence-corrected chi connectivity index (χ0v) is 12.5. The normalized spacial score (nSPS) is 15.8. The highest BCUT2D eigenvalue weighted by molar-refractivity contribution is 5.78. The summed E-state index contributed by atoms with van der Waals surface area (Å²) in [5.74, 6) is 1.09. The quantitative estimate of drug-likeness (QED) is 0.801. The maximum atomic E-state index is 11.4. The van der Waals surface area contributed by atoms with Crippen LogP contribution in [0.15, 0.2) is 18.2 Å². The van der Waals surface area contributed by atoms with Crippen molar-refractivity contribution in [1.29, 1.82) is 0 Å². The summed E-state index contributed by atoms with van der Waals surface area (Å²) in [4.78, 5) is 11.4. The summed E-state index contributed by atoms with van der Waals surface area (Å²) in [6, 6.07) is 5.38. The minimum atomic E-state index is -1.01. The van der Waals surface area contributed by atoms with E-state index in [1.54, 1.807) is 25.1 Å². The summed E-state index contributed by atoms with van der Waals surface area (Å²) < 4.78 is 16.1. The Morgan fingerprint density at radius 3 is 2.81 bits per heavy atom. The Hall–Kier alpha value is -1.95. The molecule has 21 heavy (non-hydrogen) atoms. The third kappa shape index (κ3) is 3.78. The van der Waals surface area contributed by atoms with Gasteiger partial charge in [0.05, 0.1) is 6.61 Å². The number of benzene rings is 1. The van der Waals surface area contributed by atoms with Gasteiger partial charge in [-0.2, -0.15) is 0 Å². The number of hydrogen-bond donors (Lipinski definition) is 2. The number of rotatable bonds is 7. The molecule has 2 N–H and O–H groups in total. The van der Waals surface area contributed by atoms with Crippen LogP contribution in [0.3, 0.4) is 0 Å². The number of carboxylic acid groups (broad SMARTS) is 1. The van der Waals surface area contributed by atoms with Gasteiger partial charge in [0.25, 0.3) is 0 Å². The molecule has 0 aliphatic carbocycles. The molecule has 0 saturated heterocycles. The van der Waals surface area contributed by atoms with E-state index in [2.05, 4.69) is 5.32 Å². The monoisotopic (exact) mass is 295 g/mol. The second kappa shape index (κ2) is 6.22. The molecule has 0 bridgehead atoms. The highest BCUT2D eigenvalue weighted by Gasteiger charge is 2.33. The van der Waals surface area contributed by atoms with Crippen LogP contribution in [0, 0.1) is 0 Å². The second-order valence-corrected chi connectivity index (χ2v) is 5.55. The number of ether oxygens (including phenoxy) is 3. The molecule has 0 saturated carbocycles. The van der Waals surface area contributed by atoms with Gasteiger partial charge in [0.1, 0.15) is 11.3 Å². The van der Waals surface area contributed by atoms with Crippen LogP contribution in [0.2, 0.25) is 0 Å². The van der Waals surface area contributed by atoms with Gasteiger partial charge in [-0.25, -0.2) is 0 Å². The van der Waals surface area contributed by atoms with Crippen molar-refractivity contribution in [2.24, 2.45) is 0 Å². The molecular formula is C15H21NO5. The molecule has 1 atom stereocenters. The molecular weight excluding hydrogens is 274 g/mol. The van der Waals surface area contributed by atoms with E-state index in [4.69, 9.17) is 14.2 Å². The molecule has 116 valence electrons. The Balaban J connectivity index is 1.92. The number of fused-ring (bicyclic) bond motifs is 1. The molecule has 1 aromatic carbocycles. The Labute approximate surface area is 124 Å². The fourth-order valence-corrected chi connectivity index (χ4v) is 2.22. The fraction of sp³-hybridized carbons (Fsp3) is 0.533. The fourth-order valence-electron chi connectivity index (χ4n) is 2.22. The highest BCUT2D eigenvalue weighted by Crippen LogP contribution is 2.35. The first-order valence-electron chi connectivity index (χ1n) is 6.94. The zero-order valence-electron chi connectivity index (χ0n) is 12.5. The molecule has 0 spiro atoms. The lowest BCUT2D eigenvalue weighted by molar-refractivity contribution is -0.145. The average Bonchev–Trinajstić information content (AvgIpc) is 2.85. The van der Waals surface area contributed by atoms with Crippen LogP contribution in [0.5, 0.6) is 17.2 Å². The molecule has 1 aliphatic rings. The van der Waals surface area contributed by atoms with Crippen molar-refractivity contribution in [2.45, 2.75) is 38.8 Å². The molecule has 1 aromatic rings. The molecule has 1 heterocycles. The standard InChI is InChI=1S/C15H21NO5/c1-10(2)16-15(3,14(17)18)6-7-19-11-4-5-12-13(8-11)21-9-20-12/h4-5,8,10,16H,6-7,9H2,1-3H3,(H,17,18). The molecule has 2 rings (SSSR count). The Bertz CT molecular complexity index is 517. The van der Waals surface area contributed by atoms with Crippen LogP contribution < -0.4 is 19.5 Å². The van der Waals surface area contributed by atoms with Crippen LogP contribution in [-0.2, 0) is 4.79 Å². The maximum absolute atomic E-state index is 11.4. The molecule has 0 aromatic heterocycles. The molecule has 6 heteroatoms. The third-order valence-electron chi connectivity index (χ3n) is 3.29. The van der Waals surface area contributed by atoms with Gasteiger partial charge >= 0.3 is 5.97 Å². The lowest BCUT2D eigenvalue weighted by Gasteiger charge is -2.28. The molecule has 6 nitrogen and oxygen atoms in total. The van der Waals surface area contributed by atoms with Crippen molar-refractivity contribution in [3.8, 4) is 17.2 Å². The van der Waals surface area contributed by atoms with E-state index in [0.717, 1.165) is 0 Å². The summed E-state index contributed by atoms with van der Waals surface area (Å²) in [6.45, 7) is 6.01. The first-order valence-corrected chi connectivity index (χ1v) is 6.94. The lowest BCUT2D eigenvalue weighted by Crippen LogP contribution is -2.53. The van der Waals surface area contributed by atoms with Crippen molar-refractivity contribution in [3.63, 3.8) is 0 Å². The second-order valence-electron chi connectivity index (χ2n) is 5.55. The summed E-state index contributed by atoms with van der Waals surface area (Å²) in [5.41, 5.74) is -1.01. The summed E-state index contributed by atoms with van der Waals surface area (Å²) >= 11 is 0. The Morgan fingerprint density at radius 2 is 2.14 bits per heavy atom. The average molecular weight is 295 g/mol. The number of carbonyl (C=O) groups is 1. The minimum Gasteiger partial charge on any atom is -0.493 e. The van der Waals surface area contributed by atoms with E-state index in [-0.39, 0.29) is 12.8 Å². The van der Waals surface area contributed by atoms with E-state index in [1.165, 1.54) is 0 Å². The van der Waals surface area contributed by atoms with E-state index in [9.17, 15) is 9.90 Å². The molecule has 0 fully saturated rings. The largest absolute Gasteiger partial charge is 0.493 e. The topological polar surface area (TPSA) is 77.0 Å². The van der Waals surface area contributed by atoms with Crippen molar-refractivity contribution >= 4 is 5.97 Å². The van der Waals surface area contributed by atoms with Gasteiger partial charge in [0.2, 0.25) is 6.79 Å². The minimum absolute atomic E-state index is 0.0802. The van der Waals surface area contributed by atoms with E-state index in [0.29, 0.717) is 30.3 Å². The predicted octanol–water partition coefficient (Wildman–Crippen LogP) is 2.03. The van der Waals surface area contributed by atoms with Crippen LogP contribution in [0.4, 0.5) is 0 Å². The van der Waals surface area contributed by atoms with E-state index < -0.39 is 11.5 Å². The number of carboxylic acids is 1. The van der Waals surface area contributed by atoms with Gasteiger partial charge in [-0.15, -0.1) is 0 Å². The number of aliphatic carboxylic acids is 1. The van der Waals surface area contributed by atoms with Crippen LogP contribution >= 0.6 is 0 Å². The summed E-state index contributed by atoms with van der Waals surface area (Å²) in [7, 11) is 0. The molecule has 1 aliphatic heterocycles. The van der Waals surface area contributed by atoms with E-state index in [1.807, 2.05) is 13.8 Å². The van der Waals surface area contributed by atoms with Crippen molar-refractivity contribution < 1.29 is 24.1 Å². The van der Waals surface area contributed by atoms with Gasteiger partial charge in [0.15, 0.2) is 11.5 Å². The SMILES string of the molecule is CC(C)NC(C)(CCOc1ccc2c(c1)OCO2)C(=O)O. The third-order valence-corrected chi connectivity index (χ3v) is 3.29. The van der Waals surface area contributed by atoms with Gasteiger partial charge in [-0.3, -0.25) is 10.1 Å². The Morgan fingerprint density at radius 1 is 1.43 bits per heavy atom. The summed E-state index contributed by atoms with van der Waals surface area (Å²) in [5, 5.41) is 12.4. The first-order chi connectivity index (χ1) is 9.90. The molecule has 0 amide bonds. The van der Waals surface area contributed by atoms with Crippen LogP contribution in [0.1, 0.15) is 27.2 Å². The molecule has 1 unspecified atom stereocenters. The van der Waals surface area contributed by atoms with Crippen molar-refractivity contribution in [1.82, 2.24) is 5.32 Å². The number of hydrogen-bond acceptors (Lipinski definition) is 5. The Kier molecular flexibility index (Phi) is 4.57. The lowest BCUT2D eigenvalue weighted by atomic mass is 9.97. The highest BCUT2D eigenvalue weighted by atomic mass is 16.7. The zero-order chi connectivity index (χ0) is 15.5. The van der Waals surface area contributed by atoms with E-state index >= 15 is 0 Å². The van der Waals surface area contributed by atoms with Gasteiger partial charge in [0, 0.05) is 18.5 Å².